The number of aldehydes is 1. The van der Waals surface area contributed by atoms with Gasteiger partial charge in [-0.1, -0.05) is 40.5 Å². The lowest BCUT2D eigenvalue weighted by molar-refractivity contribution is -0.141. The first kappa shape index (κ1) is 24.6. The van der Waals surface area contributed by atoms with Gasteiger partial charge in [0.25, 0.3) is 0 Å². The van der Waals surface area contributed by atoms with Crippen molar-refractivity contribution >= 4 is 30.0 Å². The molecule has 0 aromatic rings. The quantitative estimate of drug-likeness (QED) is 0.354. The normalized spacial score (nSPS) is 16.2. The maximum Gasteiger partial charge on any atom is 0.305 e. The van der Waals surface area contributed by atoms with Gasteiger partial charge < -0.3 is 25.9 Å². The van der Waals surface area contributed by atoms with Gasteiger partial charge in [-0.15, -0.1) is 0 Å². The summed E-state index contributed by atoms with van der Waals surface area (Å²) in [5, 5.41) is 16.4. The van der Waals surface area contributed by atoms with E-state index >= 15 is 0 Å². The molecule has 0 aliphatic rings. The molecule has 0 bridgehead atoms. The molecule has 0 aliphatic carbocycles. The minimum absolute atomic E-state index is 0.0705. The van der Waals surface area contributed by atoms with Crippen LogP contribution in [0.4, 0.5) is 0 Å². The molecule has 0 unspecified atom stereocenters. The van der Waals surface area contributed by atoms with E-state index in [2.05, 4.69) is 16.0 Å². The predicted octanol–water partition coefficient (Wildman–Crippen LogP) is 0.227. The minimum Gasteiger partial charge on any atom is -0.481 e. The largest absolute Gasteiger partial charge is 0.481 e. The molecule has 0 heterocycles. The second kappa shape index (κ2) is 12.0. The van der Waals surface area contributed by atoms with Crippen LogP contribution in [0.5, 0.6) is 0 Å². The molecule has 0 rings (SSSR count). The van der Waals surface area contributed by atoms with Crippen molar-refractivity contribution in [2.24, 2.45) is 11.8 Å². The van der Waals surface area contributed by atoms with Gasteiger partial charge in [0.1, 0.15) is 18.4 Å². The molecular formula is C18H31N3O6. The summed E-state index contributed by atoms with van der Waals surface area (Å²) >= 11 is 0. The highest BCUT2D eigenvalue weighted by Crippen LogP contribution is 2.11. The van der Waals surface area contributed by atoms with E-state index in [1.165, 1.54) is 6.92 Å². The Kier molecular flexibility index (Phi) is 10.9. The number of amides is 3. The first-order chi connectivity index (χ1) is 12.6. The zero-order chi connectivity index (χ0) is 21.1. The molecule has 27 heavy (non-hydrogen) atoms. The predicted molar refractivity (Wildman–Crippen MR) is 98.7 cm³/mol. The van der Waals surface area contributed by atoms with E-state index in [0.29, 0.717) is 19.1 Å². The third kappa shape index (κ3) is 8.65. The van der Waals surface area contributed by atoms with Gasteiger partial charge in [-0.2, -0.15) is 0 Å². The number of nitrogens with one attached hydrogen (secondary N) is 3. The van der Waals surface area contributed by atoms with Crippen molar-refractivity contribution in [3.63, 3.8) is 0 Å². The first-order valence-corrected chi connectivity index (χ1v) is 9.12. The van der Waals surface area contributed by atoms with E-state index in [9.17, 15) is 24.0 Å². The molecule has 0 aliphatic heterocycles. The molecule has 0 fully saturated rings. The average Bonchev–Trinajstić information content (AvgIpc) is 2.60. The van der Waals surface area contributed by atoms with Gasteiger partial charge in [0.15, 0.2) is 0 Å². The fourth-order valence-corrected chi connectivity index (χ4v) is 2.40. The second-order valence-electron chi connectivity index (χ2n) is 6.78. The Morgan fingerprint density at radius 3 is 1.89 bits per heavy atom. The molecule has 0 saturated carbocycles. The van der Waals surface area contributed by atoms with Crippen LogP contribution >= 0.6 is 0 Å². The van der Waals surface area contributed by atoms with Gasteiger partial charge in [-0.3, -0.25) is 19.2 Å². The van der Waals surface area contributed by atoms with Crippen LogP contribution in [0.25, 0.3) is 0 Å². The van der Waals surface area contributed by atoms with E-state index in [1.54, 1.807) is 6.92 Å². The molecule has 154 valence electrons. The monoisotopic (exact) mass is 385 g/mol. The number of hydrogen-bond donors (Lipinski definition) is 4. The Hall–Kier alpha value is -2.45. The van der Waals surface area contributed by atoms with Crippen molar-refractivity contribution in [1.82, 2.24) is 16.0 Å². The zero-order valence-electron chi connectivity index (χ0n) is 16.6. The molecule has 0 radical (unpaired) electrons. The van der Waals surface area contributed by atoms with Crippen molar-refractivity contribution in [2.45, 2.75) is 72.0 Å². The van der Waals surface area contributed by atoms with Crippen LogP contribution in [0, 0.1) is 11.8 Å². The van der Waals surface area contributed by atoms with Crippen LogP contribution in [0.3, 0.4) is 0 Å². The van der Waals surface area contributed by atoms with E-state index in [0.717, 1.165) is 0 Å². The molecule has 0 saturated heterocycles. The van der Waals surface area contributed by atoms with E-state index < -0.39 is 48.2 Å². The number of carboxylic acids is 1. The van der Waals surface area contributed by atoms with Crippen LogP contribution in [0.1, 0.15) is 53.9 Å². The lowest BCUT2D eigenvalue weighted by atomic mass is 9.95. The molecule has 3 amide bonds. The Balaban J connectivity index is 5.35. The van der Waals surface area contributed by atoms with Crippen LogP contribution in [-0.2, 0) is 24.0 Å². The van der Waals surface area contributed by atoms with Crippen LogP contribution in [0.15, 0.2) is 0 Å². The molecule has 5 atom stereocenters. The number of hydrogen-bond acceptors (Lipinski definition) is 5. The summed E-state index contributed by atoms with van der Waals surface area (Å²) in [5.41, 5.74) is 0. The van der Waals surface area contributed by atoms with Crippen molar-refractivity contribution in [2.75, 3.05) is 0 Å². The third-order valence-electron chi connectivity index (χ3n) is 4.58. The third-order valence-corrected chi connectivity index (χ3v) is 4.58. The van der Waals surface area contributed by atoms with Gasteiger partial charge in [0.2, 0.25) is 17.7 Å². The van der Waals surface area contributed by atoms with Crippen LogP contribution < -0.4 is 16.0 Å². The summed E-state index contributed by atoms with van der Waals surface area (Å²) in [6.07, 6.45) is 1.31. The van der Waals surface area contributed by atoms with Gasteiger partial charge in [-0.05, 0) is 11.8 Å². The van der Waals surface area contributed by atoms with Gasteiger partial charge in [0.05, 0.1) is 12.5 Å². The molecule has 0 aromatic carbocycles. The van der Waals surface area contributed by atoms with Crippen LogP contribution in [0.2, 0.25) is 0 Å². The number of carbonyl (C=O) groups excluding carboxylic acids is 4. The van der Waals surface area contributed by atoms with Crippen molar-refractivity contribution in [3.8, 4) is 0 Å². The number of carbonyl (C=O) groups is 5. The Morgan fingerprint density at radius 2 is 1.48 bits per heavy atom. The lowest BCUT2D eigenvalue weighted by Gasteiger charge is -2.28. The lowest BCUT2D eigenvalue weighted by Crippen LogP contribution is -2.57. The summed E-state index contributed by atoms with van der Waals surface area (Å²) in [6.45, 7) is 8.49. The van der Waals surface area contributed by atoms with Crippen LogP contribution in [-0.4, -0.2) is 53.2 Å². The standard InChI is InChI=1S/C18H31N3O6/c1-6-10(3)14(9-22)20-18(27)16(11(4)7-2)21-17(26)13(8-15(24)25)19-12(5)23/h9-11,13-14,16H,6-8H2,1-5H3,(H,19,23)(H,20,27)(H,21,26)(H,24,25)/t10-,11-,13-,14+,16-/m0/s1. The Morgan fingerprint density at radius 1 is 0.926 bits per heavy atom. The topological polar surface area (TPSA) is 142 Å². The van der Waals surface area contributed by atoms with Crippen molar-refractivity contribution in [1.29, 1.82) is 0 Å². The highest BCUT2D eigenvalue weighted by molar-refractivity contribution is 5.94. The van der Waals surface area contributed by atoms with E-state index in [-0.39, 0.29) is 11.8 Å². The summed E-state index contributed by atoms with van der Waals surface area (Å²) < 4.78 is 0. The van der Waals surface area contributed by atoms with E-state index in [1.807, 2.05) is 20.8 Å². The Labute approximate surface area is 159 Å². The average molecular weight is 385 g/mol. The fraction of sp³-hybridized carbons (Fsp3) is 0.722. The first-order valence-electron chi connectivity index (χ1n) is 9.12. The zero-order valence-corrected chi connectivity index (χ0v) is 16.6. The number of carboxylic acid groups (broad SMARTS) is 1. The highest BCUT2D eigenvalue weighted by atomic mass is 16.4. The minimum atomic E-state index is -1.30. The number of rotatable bonds is 12. The van der Waals surface area contributed by atoms with Gasteiger partial charge in [0, 0.05) is 6.92 Å². The number of aliphatic carboxylic acids is 1. The summed E-state index contributed by atoms with van der Waals surface area (Å²) in [5.74, 6) is -3.43. The molecule has 9 nitrogen and oxygen atoms in total. The Bertz CT molecular complexity index is 535. The van der Waals surface area contributed by atoms with Gasteiger partial charge >= 0.3 is 5.97 Å². The molecule has 4 N–H and O–H groups in total. The fourth-order valence-electron chi connectivity index (χ4n) is 2.40. The molecular weight excluding hydrogens is 354 g/mol. The summed E-state index contributed by atoms with van der Waals surface area (Å²) in [7, 11) is 0. The SMILES string of the molecule is CC[C@H](C)[C@H](NC(=O)[C@H](CC(=O)O)NC(C)=O)C(=O)N[C@H](C=O)[C@@H](C)CC. The summed E-state index contributed by atoms with van der Waals surface area (Å²) in [6, 6.07) is -2.94. The maximum absolute atomic E-state index is 12.6. The second-order valence-corrected chi connectivity index (χ2v) is 6.78. The van der Waals surface area contributed by atoms with E-state index in [4.69, 9.17) is 5.11 Å². The van der Waals surface area contributed by atoms with Crippen molar-refractivity contribution < 1.29 is 29.1 Å². The van der Waals surface area contributed by atoms with Crippen molar-refractivity contribution in [3.05, 3.63) is 0 Å². The highest BCUT2D eigenvalue weighted by Gasteiger charge is 2.32. The van der Waals surface area contributed by atoms with Gasteiger partial charge in [-0.25, -0.2) is 0 Å². The molecule has 0 spiro atoms. The summed E-state index contributed by atoms with van der Waals surface area (Å²) in [4.78, 5) is 58.6. The molecule has 9 heteroatoms. The smallest absolute Gasteiger partial charge is 0.305 e. The maximum atomic E-state index is 12.6. The molecule has 0 aromatic heterocycles.